The lowest BCUT2D eigenvalue weighted by atomic mass is 10.0. The second-order valence-electron chi connectivity index (χ2n) is 4.63. The summed E-state index contributed by atoms with van der Waals surface area (Å²) in [5.41, 5.74) is 4.89. The van der Waals surface area contributed by atoms with Gasteiger partial charge in [-0.1, -0.05) is 26.2 Å². The van der Waals surface area contributed by atoms with E-state index in [1.165, 1.54) is 0 Å². The standard InChI is InChI=1S/C12H25N3O5/c1-2-3-4-5-10(7-15(20)9-17)12(19)14-13-6-11(18)8-16/h9-11,13,16,18,20H,2-8H2,1H3,(H,14,19)/t10-,11+/m1/s1. The average Bonchev–Trinajstić information content (AvgIpc) is 2.45. The van der Waals surface area contributed by atoms with Crippen molar-refractivity contribution in [2.75, 3.05) is 19.7 Å². The molecule has 0 aliphatic rings. The van der Waals surface area contributed by atoms with Crippen LogP contribution in [-0.2, 0) is 9.59 Å². The van der Waals surface area contributed by atoms with E-state index in [0.717, 1.165) is 19.3 Å². The molecule has 0 radical (unpaired) electrons. The third kappa shape index (κ3) is 8.81. The molecule has 8 nitrogen and oxygen atoms in total. The van der Waals surface area contributed by atoms with Crippen molar-refractivity contribution < 1.29 is 25.0 Å². The second-order valence-corrected chi connectivity index (χ2v) is 4.63. The van der Waals surface area contributed by atoms with E-state index in [4.69, 9.17) is 10.2 Å². The summed E-state index contributed by atoms with van der Waals surface area (Å²) in [6.45, 7) is 1.57. The molecule has 0 bridgehead atoms. The number of hydroxylamine groups is 2. The normalized spacial score (nSPS) is 13.6. The summed E-state index contributed by atoms with van der Waals surface area (Å²) in [6, 6.07) is 0. The molecule has 118 valence electrons. The first-order valence-corrected chi connectivity index (χ1v) is 6.77. The van der Waals surface area contributed by atoms with E-state index in [9.17, 15) is 14.8 Å². The molecule has 0 aliphatic carbocycles. The topological polar surface area (TPSA) is 122 Å². The molecule has 0 rings (SSSR count). The van der Waals surface area contributed by atoms with Crippen molar-refractivity contribution >= 4 is 12.3 Å². The van der Waals surface area contributed by atoms with E-state index in [0.29, 0.717) is 11.5 Å². The molecule has 0 heterocycles. The first-order valence-electron chi connectivity index (χ1n) is 6.77. The van der Waals surface area contributed by atoms with Crippen LogP contribution in [0.25, 0.3) is 0 Å². The summed E-state index contributed by atoms with van der Waals surface area (Å²) in [7, 11) is 0. The number of aliphatic hydroxyl groups is 2. The fraction of sp³-hybridized carbons (Fsp3) is 0.833. The molecule has 0 fully saturated rings. The predicted molar refractivity (Wildman–Crippen MR) is 71.4 cm³/mol. The molecule has 0 saturated carbocycles. The van der Waals surface area contributed by atoms with Crippen molar-refractivity contribution in [3.8, 4) is 0 Å². The van der Waals surface area contributed by atoms with Crippen LogP contribution in [0.5, 0.6) is 0 Å². The number of carbonyl (C=O) groups is 2. The van der Waals surface area contributed by atoms with Crippen LogP contribution in [0.3, 0.4) is 0 Å². The van der Waals surface area contributed by atoms with Crippen molar-refractivity contribution in [2.45, 2.75) is 38.7 Å². The van der Waals surface area contributed by atoms with Gasteiger partial charge in [-0.15, -0.1) is 0 Å². The van der Waals surface area contributed by atoms with Crippen LogP contribution in [0.15, 0.2) is 0 Å². The summed E-state index contributed by atoms with van der Waals surface area (Å²) < 4.78 is 0. The highest BCUT2D eigenvalue weighted by molar-refractivity contribution is 5.78. The van der Waals surface area contributed by atoms with Crippen LogP contribution in [0.4, 0.5) is 0 Å². The van der Waals surface area contributed by atoms with Gasteiger partial charge < -0.3 is 10.2 Å². The number of amides is 2. The molecule has 8 heteroatoms. The lowest BCUT2D eigenvalue weighted by molar-refractivity contribution is -0.154. The van der Waals surface area contributed by atoms with Crippen LogP contribution in [0.1, 0.15) is 32.6 Å². The van der Waals surface area contributed by atoms with Crippen LogP contribution < -0.4 is 10.9 Å². The fourth-order valence-corrected chi connectivity index (χ4v) is 1.64. The maximum atomic E-state index is 11.9. The van der Waals surface area contributed by atoms with Gasteiger partial charge in [0.25, 0.3) is 0 Å². The number of nitrogens with one attached hydrogen (secondary N) is 2. The summed E-state index contributed by atoms with van der Waals surface area (Å²) in [6.07, 6.45) is 2.63. The van der Waals surface area contributed by atoms with Gasteiger partial charge in [-0.3, -0.25) is 20.2 Å². The lowest BCUT2D eigenvalue weighted by Crippen LogP contribution is -2.47. The number of hydrazine groups is 1. The third-order valence-electron chi connectivity index (χ3n) is 2.82. The first kappa shape index (κ1) is 18.8. The molecule has 20 heavy (non-hydrogen) atoms. The molecule has 2 amide bonds. The number of aliphatic hydroxyl groups excluding tert-OH is 2. The van der Waals surface area contributed by atoms with Crippen molar-refractivity contribution in [3.05, 3.63) is 0 Å². The highest BCUT2D eigenvalue weighted by Crippen LogP contribution is 2.11. The predicted octanol–water partition coefficient (Wildman–Crippen LogP) is -0.995. The SMILES string of the molecule is CCCCC[C@H](CN(O)C=O)C(=O)NNC[C@H](O)CO. The summed E-state index contributed by atoms with van der Waals surface area (Å²) in [5.74, 6) is -0.900. The zero-order chi connectivity index (χ0) is 15.4. The molecule has 2 atom stereocenters. The largest absolute Gasteiger partial charge is 0.394 e. The molecular weight excluding hydrogens is 266 g/mol. The zero-order valence-electron chi connectivity index (χ0n) is 11.8. The van der Waals surface area contributed by atoms with Gasteiger partial charge in [-0.25, -0.2) is 10.5 Å². The zero-order valence-corrected chi connectivity index (χ0v) is 11.8. The van der Waals surface area contributed by atoms with Gasteiger partial charge in [0.2, 0.25) is 12.3 Å². The highest BCUT2D eigenvalue weighted by atomic mass is 16.5. The maximum absolute atomic E-state index is 11.9. The van der Waals surface area contributed by atoms with E-state index in [-0.39, 0.29) is 25.4 Å². The number of carbonyl (C=O) groups excluding carboxylic acids is 2. The Bertz CT molecular complexity index is 278. The average molecular weight is 291 g/mol. The maximum Gasteiger partial charge on any atom is 0.239 e. The molecule has 0 aliphatic heterocycles. The number of hydrogen-bond donors (Lipinski definition) is 5. The quantitative estimate of drug-likeness (QED) is 0.136. The molecule has 0 unspecified atom stereocenters. The first-order chi connectivity index (χ1) is 9.54. The van der Waals surface area contributed by atoms with Gasteiger partial charge >= 0.3 is 0 Å². The molecule has 0 aromatic heterocycles. The Hall–Kier alpha value is -1.22. The number of nitrogens with zero attached hydrogens (tertiary/aromatic N) is 1. The molecule has 0 aromatic rings. The Kier molecular flexibility index (Phi) is 10.9. The molecule has 5 N–H and O–H groups in total. The number of unbranched alkanes of at least 4 members (excludes halogenated alkanes) is 2. The minimum Gasteiger partial charge on any atom is -0.394 e. The Morgan fingerprint density at radius 2 is 2.10 bits per heavy atom. The Labute approximate surface area is 118 Å². The Balaban J connectivity index is 4.20. The fourth-order valence-electron chi connectivity index (χ4n) is 1.64. The van der Waals surface area contributed by atoms with E-state index in [1.807, 2.05) is 6.92 Å². The molecule has 0 spiro atoms. The third-order valence-corrected chi connectivity index (χ3v) is 2.82. The van der Waals surface area contributed by atoms with Gasteiger partial charge in [-0.2, -0.15) is 0 Å². The van der Waals surface area contributed by atoms with Gasteiger partial charge in [0.1, 0.15) is 0 Å². The minimum absolute atomic E-state index is 0.0143. The summed E-state index contributed by atoms with van der Waals surface area (Å²) >= 11 is 0. The molecule has 0 saturated heterocycles. The second kappa shape index (κ2) is 11.6. The van der Waals surface area contributed by atoms with Gasteiger partial charge in [0.15, 0.2) is 0 Å². The molecule has 0 aromatic carbocycles. The Morgan fingerprint density at radius 1 is 1.40 bits per heavy atom. The van der Waals surface area contributed by atoms with E-state index < -0.39 is 18.6 Å². The smallest absolute Gasteiger partial charge is 0.239 e. The van der Waals surface area contributed by atoms with Crippen molar-refractivity contribution in [3.63, 3.8) is 0 Å². The van der Waals surface area contributed by atoms with E-state index in [2.05, 4.69) is 10.9 Å². The minimum atomic E-state index is -0.960. The highest BCUT2D eigenvalue weighted by Gasteiger charge is 2.20. The van der Waals surface area contributed by atoms with Crippen molar-refractivity contribution in [2.24, 2.45) is 5.92 Å². The van der Waals surface area contributed by atoms with Gasteiger partial charge in [0, 0.05) is 6.54 Å². The van der Waals surface area contributed by atoms with E-state index >= 15 is 0 Å². The van der Waals surface area contributed by atoms with Crippen LogP contribution in [-0.4, -0.2) is 58.6 Å². The van der Waals surface area contributed by atoms with Crippen molar-refractivity contribution in [1.82, 2.24) is 15.9 Å². The van der Waals surface area contributed by atoms with Gasteiger partial charge in [-0.05, 0) is 6.42 Å². The summed E-state index contributed by atoms with van der Waals surface area (Å²) in [4.78, 5) is 22.3. The Morgan fingerprint density at radius 3 is 2.65 bits per heavy atom. The summed E-state index contributed by atoms with van der Waals surface area (Å²) in [5, 5.41) is 27.4. The van der Waals surface area contributed by atoms with E-state index in [1.54, 1.807) is 0 Å². The lowest BCUT2D eigenvalue weighted by Gasteiger charge is -2.20. The number of rotatable bonds is 12. The van der Waals surface area contributed by atoms with Crippen LogP contribution in [0, 0.1) is 5.92 Å². The monoisotopic (exact) mass is 291 g/mol. The van der Waals surface area contributed by atoms with Gasteiger partial charge in [0.05, 0.1) is 25.2 Å². The van der Waals surface area contributed by atoms with Crippen LogP contribution >= 0.6 is 0 Å². The van der Waals surface area contributed by atoms with Crippen molar-refractivity contribution in [1.29, 1.82) is 0 Å². The number of hydrogen-bond acceptors (Lipinski definition) is 6. The molecular formula is C12H25N3O5. The van der Waals surface area contributed by atoms with Crippen LogP contribution in [0.2, 0.25) is 0 Å².